The highest BCUT2D eigenvalue weighted by Crippen LogP contribution is 2.26. The number of benzene rings is 1. The highest BCUT2D eigenvalue weighted by atomic mass is 16.5. The van der Waals surface area contributed by atoms with E-state index in [4.69, 9.17) is 9.47 Å². The molecule has 0 saturated carbocycles. The van der Waals surface area contributed by atoms with E-state index in [1.165, 1.54) is 0 Å². The van der Waals surface area contributed by atoms with Crippen LogP contribution in [-0.2, 0) is 11.2 Å². The highest BCUT2D eigenvalue weighted by molar-refractivity contribution is 5.37. The van der Waals surface area contributed by atoms with Gasteiger partial charge in [0, 0.05) is 13.5 Å². The van der Waals surface area contributed by atoms with Gasteiger partial charge in [-0.25, -0.2) is 0 Å². The van der Waals surface area contributed by atoms with Crippen molar-refractivity contribution in [1.82, 2.24) is 0 Å². The molecule has 1 aromatic carbocycles. The number of hydrogen-bond acceptors (Lipinski definition) is 3. The first-order valence-corrected chi connectivity index (χ1v) is 5.79. The van der Waals surface area contributed by atoms with E-state index < -0.39 is 5.60 Å². The summed E-state index contributed by atoms with van der Waals surface area (Å²) in [7, 11) is 3.25. The molecule has 0 fully saturated rings. The quantitative estimate of drug-likeness (QED) is 0.855. The molecule has 0 spiro atoms. The minimum absolute atomic E-state index is 0.229. The third kappa shape index (κ3) is 3.45. The molecule has 0 bridgehead atoms. The molecule has 1 aromatic rings. The third-order valence-electron chi connectivity index (χ3n) is 3.21. The maximum Gasteiger partial charge on any atom is 0.122 e. The van der Waals surface area contributed by atoms with Crippen LogP contribution in [0.4, 0.5) is 0 Å². The summed E-state index contributed by atoms with van der Waals surface area (Å²) >= 11 is 0. The van der Waals surface area contributed by atoms with E-state index >= 15 is 0 Å². The molecule has 3 heteroatoms. The van der Waals surface area contributed by atoms with Gasteiger partial charge in [-0.3, -0.25) is 0 Å². The molecule has 0 radical (unpaired) electrons. The lowest BCUT2D eigenvalue weighted by molar-refractivity contribution is -0.0717. The molecule has 1 rings (SSSR count). The topological polar surface area (TPSA) is 38.7 Å². The zero-order valence-corrected chi connectivity index (χ0v) is 11.3. The first-order chi connectivity index (χ1) is 7.90. The van der Waals surface area contributed by atoms with E-state index in [0.29, 0.717) is 6.42 Å². The van der Waals surface area contributed by atoms with Crippen molar-refractivity contribution in [3.8, 4) is 5.75 Å². The number of ether oxygens (including phenoxy) is 2. The van der Waals surface area contributed by atoms with Crippen LogP contribution in [0.5, 0.6) is 5.75 Å². The molecule has 0 heterocycles. The largest absolute Gasteiger partial charge is 0.496 e. The molecule has 2 unspecified atom stereocenters. The van der Waals surface area contributed by atoms with Gasteiger partial charge in [0.1, 0.15) is 5.75 Å². The SMILES string of the molecule is COc1ccc(C)cc1CC(C)(O)C(C)OC. The molecule has 0 amide bonds. The number of aryl methyl sites for hydroxylation is 1. The van der Waals surface area contributed by atoms with Crippen molar-refractivity contribution in [2.75, 3.05) is 14.2 Å². The summed E-state index contributed by atoms with van der Waals surface area (Å²) in [6, 6.07) is 5.96. The van der Waals surface area contributed by atoms with Crippen molar-refractivity contribution in [3.05, 3.63) is 29.3 Å². The summed E-state index contributed by atoms with van der Waals surface area (Å²) in [5, 5.41) is 10.4. The van der Waals surface area contributed by atoms with Crippen LogP contribution in [-0.4, -0.2) is 31.0 Å². The van der Waals surface area contributed by atoms with Crippen LogP contribution in [0.3, 0.4) is 0 Å². The predicted molar refractivity (Wildman–Crippen MR) is 68.5 cm³/mol. The van der Waals surface area contributed by atoms with Crippen molar-refractivity contribution >= 4 is 0 Å². The molecule has 3 nitrogen and oxygen atoms in total. The average molecular weight is 238 g/mol. The summed E-state index contributed by atoms with van der Waals surface area (Å²) in [4.78, 5) is 0. The molecule has 0 aliphatic heterocycles. The molecule has 96 valence electrons. The molecule has 2 atom stereocenters. The van der Waals surface area contributed by atoms with E-state index in [-0.39, 0.29) is 6.10 Å². The molecule has 0 saturated heterocycles. The van der Waals surface area contributed by atoms with Crippen LogP contribution in [0.2, 0.25) is 0 Å². The van der Waals surface area contributed by atoms with Gasteiger partial charge in [-0.2, -0.15) is 0 Å². The maximum atomic E-state index is 10.4. The Bertz CT molecular complexity index is 372. The molecular formula is C14H22O3. The second kappa shape index (κ2) is 5.52. The summed E-state index contributed by atoms with van der Waals surface area (Å²) in [6.07, 6.45) is 0.278. The van der Waals surface area contributed by atoms with Gasteiger partial charge < -0.3 is 14.6 Å². The lowest BCUT2D eigenvalue weighted by Gasteiger charge is -2.29. The summed E-state index contributed by atoms with van der Waals surface area (Å²) < 4.78 is 10.5. The Hall–Kier alpha value is -1.06. The molecule has 17 heavy (non-hydrogen) atoms. The number of methoxy groups -OCH3 is 2. The van der Waals surface area contributed by atoms with Crippen LogP contribution in [0, 0.1) is 6.92 Å². The Morgan fingerprint density at radius 1 is 1.35 bits per heavy atom. The first kappa shape index (κ1) is 14.0. The zero-order valence-electron chi connectivity index (χ0n) is 11.3. The van der Waals surface area contributed by atoms with Gasteiger partial charge in [0.05, 0.1) is 18.8 Å². The summed E-state index contributed by atoms with van der Waals surface area (Å²) in [6.45, 7) is 5.67. The summed E-state index contributed by atoms with van der Waals surface area (Å²) in [5.41, 5.74) is 1.25. The molecule has 0 aliphatic rings. The predicted octanol–water partition coefficient (Wildman–Crippen LogP) is 2.33. The van der Waals surface area contributed by atoms with Gasteiger partial charge in [0.15, 0.2) is 0 Å². The highest BCUT2D eigenvalue weighted by Gasteiger charge is 2.29. The fourth-order valence-electron chi connectivity index (χ4n) is 1.83. The van der Waals surface area contributed by atoms with Crippen molar-refractivity contribution in [3.63, 3.8) is 0 Å². The van der Waals surface area contributed by atoms with Crippen molar-refractivity contribution in [2.24, 2.45) is 0 Å². The van der Waals surface area contributed by atoms with Crippen LogP contribution in [0.25, 0.3) is 0 Å². The second-order valence-electron chi connectivity index (χ2n) is 4.73. The van der Waals surface area contributed by atoms with E-state index in [0.717, 1.165) is 16.9 Å². The van der Waals surface area contributed by atoms with Crippen LogP contribution in [0.1, 0.15) is 25.0 Å². The maximum absolute atomic E-state index is 10.4. The van der Waals surface area contributed by atoms with Gasteiger partial charge in [0.2, 0.25) is 0 Å². The van der Waals surface area contributed by atoms with Crippen LogP contribution in [0.15, 0.2) is 18.2 Å². The van der Waals surface area contributed by atoms with E-state index in [1.54, 1.807) is 21.1 Å². The lowest BCUT2D eigenvalue weighted by Crippen LogP contribution is -2.40. The van der Waals surface area contributed by atoms with Crippen molar-refractivity contribution in [2.45, 2.75) is 38.9 Å². The monoisotopic (exact) mass is 238 g/mol. The van der Waals surface area contributed by atoms with E-state index in [9.17, 15) is 5.11 Å². The van der Waals surface area contributed by atoms with Gasteiger partial charge in [-0.15, -0.1) is 0 Å². The molecular weight excluding hydrogens is 216 g/mol. The smallest absolute Gasteiger partial charge is 0.122 e. The van der Waals surface area contributed by atoms with E-state index in [1.807, 2.05) is 32.0 Å². The Balaban J connectivity index is 2.97. The average Bonchev–Trinajstić information content (AvgIpc) is 2.27. The second-order valence-corrected chi connectivity index (χ2v) is 4.73. The molecule has 0 aromatic heterocycles. The Labute approximate surface area is 103 Å². The Morgan fingerprint density at radius 3 is 2.53 bits per heavy atom. The van der Waals surface area contributed by atoms with Crippen molar-refractivity contribution in [1.29, 1.82) is 0 Å². The standard InChI is InChI=1S/C14H22O3/c1-10-6-7-13(17-5)12(8-10)9-14(3,15)11(2)16-4/h6-8,11,15H,9H2,1-5H3. The fourth-order valence-corrected chi connectivity index (χ4v) is 1.83. The van der Waals surface area contributed by atoms with Gasteiger partial charge >= 0.3 is 0 Å². The number of aliphatic hydroxyl groups is 1. The fraction of sp³-hybridized carbons (Fsp3) is 0.571. The van der Waals surface area contributed by atoms with Gasteiger partial charge in [0.25, 0.3) is 0 Å². The van der Waals surface area contributed by atoms with Crippen LogP contribution >= 0.6 is 0 Å². The van der Waals surface area contributed by atoms with Crippen LogP contribution < -0.4 is 4.74 Å². The first-order valence-electron chi connectivity index (χ1n) is 5.79. The molecule has 0 aliphatic carbocycles. The van der Waals surface area contributed by atoms with E-state index in [2.05, 4.69) is 0 Å². The number of rotatable bonds is 5. The van der Waals surface area contributed by atoms with Gasteiger partial charge in [-0.05, 0) is 32.4 Å². The Kier molecular flexibility index (Phi) is 4.54. The lowest BCUT2D eigenvalue weighted by atomic mass is 9.90. The zero-order chi connectivity index (χ0) is 13.1. The summed E-state index contributed by atoms with van der Waals surface area (Å²) in [5.74, 6) is 0.805. The van der Waals surface area contributed by atoms with Crippen molar-refractivity contribution < 1.29 is 14.6 Å². The minimum atomic E-state index is -0.907. The third-order valence-corrected chi connectivity index (χ3v) is 3.21. The minimum Gasteiger partial charge on any atom is -0.496 e. The Morgan fingerprint density at radius 2 is 2.00 bits per heavy atom. The normalized spacial score (nSPS) is 16.4. The number of hydrogen-bond donors (Lipinski definition) is 1. The molecule has 1 N–H and O–H groups in total. The van der Waals surface area contributed by atoms with Gasteiger partial charge in [-0.1, -0.05) is 17.7 Å².